The van der Waals surface area contributed by atoms with E-state index in [2.05, 4.69) is 16.4 Å². The molecule has 0 atom stereocenters. The fourth-order valence-electron chi connectivity index (χ4n) is 3.14. The number of hydrogen-bond donors (Lipinski definition) is 1. The fraction of sp³-hybridized carbons (Fsp3) is 0.0833. The van der Waals surface area contributed by atoms with Gasteiger partial charge in [-0.25, -0.2) is 14.6 Å². The van der Waals surface area contributed by atoms with Gasteiger partial charge in [0.1, 0.15) is 22.2 Å². The largest absolute Gasteiger partial charge is 0.462 e. The minimum Gasteiger partial charge on any atom is -0.462 e. The Labute approximate surface area is 201 Å². The Morgan fingerprint density at radius 1 is 1.29 bits per heavy atom. The molecule has 0 radical (unpaired) electrons. The van der Waals surface area contributed by atoms with Crippen LogP contribution in [0.1, 0.15) is 22.3 Å². The number of allylic oxidation sites excluding steroid dienone is 1. The molecule has 0 saturated heterocycles. The van der Waals surface area contributed by atoms with Crippen LogP contribution in [0.25, 0.3) is 27.8 Å². The number of nitro benzene ring substituents is 1. The Kier molecular flexibility index (Phi) is 6.66. The second-order valence-electron chi connectivity index (χ2n) is 7.08. The lowest BCUT2D eigenvalue weighted by Gasteiger charge is -2.04. The van der Waals surface area contributed by atoms with Crippen LogP contribution in [-0.4, -0.2) is 22.5 Å². The number of rotatable bonds is 7. The van der Waals surface area contributed by atoms with Gasteiger partial charge >= 0.3 is 11.6 Å². The average Bonchev–Trinajstić information content (AvgIpc) is 3.34. The van der Waals surface area contributed by atoms with E-state index < -0.39 is 16.5 Å². The monoisotopic (exact) mass is 488 g/mol. The molecule has 0 amide bonds. The van der Waals surface area contributed by atoms with Crippen molar-refractivity contribution in [3.8, 4) is 17.3 Å². The topological polar surface area (TPSA) is 148 Å². The molecule has 2 aromatic heterocycles. The van der Waals surface area contributed by atoms with Crippen molar-refractivity contribution in [3.63, 3.8) is 0 Å². The molecule has 2 heterocycles. The second kappa shape index (κ2) is 9.98. The maximum Gasteiger partial charge on any atom is 0.345 e. The highest BCUT2D eigenvalue weighted by atomic mass is 32.1. The minimum atomic E-state index is -0.648. The van der Waals surface area contributed by atoms with E-state index in [0.29, 0.717) is 21.6 Å². The van der Waals surface area contributed by atoms with Gasteiger partial charge in [-0.1, -0.05) is 0 Å². The number of nitrogens with one attached hydrogen (secondary N) is 1. The van der Waals surface area contributed by atoms with E-state index in [9.17, 15) is 25.0 Å². The van der Waals surface area contributed by atoms with E-state index in [0.717, 1.165) is 11.3 Å². The number of esters is 1. The van der Waals surface area contributed by atoms with E-state index in [1.165, 1.54) is 30.5 Å². The van der Waals surface area contributed by atoms with Crippen molar-refractivity contribution in [2.45, 2.75) is 6.92 Å². The quantitative estimate of drug-likeness (QED) is 0.125. The van der Waals surface area contributed by atoms with Gasteiger partial charge in [0, 0.05) is 34.8 Å². The van der Waals surface area contributed by atoms with E-state index in [4.69, 9.17) is 9.15 Å². The SMILES string of the molecule is CCOC(=O)c1ccc(N/C=C(/C#N)c2nc(-c3cc4cc([N+](=O)[O-])ccc4oc3=O)cs2)cc1. The fourth-order valence-corrected chi connectivity index (χ4v) is 3.92. The molecule has 1 N–H and O–H groups in total. The number of thiazole rings is 1. The van der Waals surface area contributed by atoms with Gasteiger partial charge in [0.25, 0.3) is 5.69 Å². The lowest BCUT2D eigenvalue weighted by atomic mass is 10.1. The molecule has 0 aliphatic carbocycles. The van der Waals surface area contributed by atoms with Gasteiger partial charge < -0.3 is 14.5 Å². The highest BCUT2D eigenvalue weighted by Crippen LogP contribution is 2.28. The molecular weight excluding hydrogens is 472 g/mol. The van der Waals surface area contributed by atoms with Crippen molar-refractivity contribution >= 4 is 45.2 Å². The first-order chi connectivity index (χ1) is 16.9. The zero-order valence-electron chi connectivity index (χ0n) is 18.2. The van der Waals surface area contributed by atoms with Crippen molar-refractivity contribution in [3.05, 3.63) is 91.2 Å². The summed E-state index contributed by atoms with van der Waals surface area (Å²) in [6.45, 7) is 2.01. The summed E-state index contributed by atoms with van der Waals surface area (Å²) in [7, 11) is 0. The number of nitrogens with zero attached hydrogens (tertiary/aromatic N) is 3. The normalized spacial score (nSPS) is 11.1. The lowest BCUT2D eigenvalue weighted by molar-refractivity contribution is -0.384. The smallest absolute Gasteiger partial charge is 0.345 e. The summed E-state index contributed by atoms with van der Waals surface area (Å²) in [5.74, 6) is -0.421. The highest BCUT2D eigenvalue weighted by Gasteiger charge is 2.15. The number of carbonyl (C=O) groups excluding carboxylic acids is 1. The molecule has 4 rings (SSSR count). The van der Waals surface area contributed by atoms with Gasteiger partial charge in [0.15, 0.2) is 0 Å². The Hall–Kier alpha value is -4.82. The van der Waals surface area contributed by atoms with Gasteiger partial charge in [-0.3, -0.25) is 10.1 Å². The minimum absolute atomic E-state index is 0.125. The van der Waals surface area contributed by atoms with E-state index >= 15 is 0 Å². The number of carbonyl (C=O) groups is 1. The number of anilines is 1. The number of fused-ring (bicyclic) bond motifs is 1. The predicted octanol–water partition coefficient (Wildman–Crippen LogP) is 4.98. The highest BCUT2D eigenvalue weighted by molar-refractivity contribution is 7.11. The Bertz CT molecular complexity index is 1560. The predicted molar refractivity (Wildman–Crippen MR) is 130 cm³/mol. The van der Waals surface area contributed by atoms with Crippen molar-refractivity contribution in [1.82, 2.24) is 4.98 Å². The van der Waals surface area contributed by atoms with Crippen molar-refractivity contribution in [2.24, 2.45) is 0 Å². The zero-order chi connectivity index (χ0) is 24.9. The van der Waals surface area contributed by atoms with Crippen LogP contribution in [-0.2, 0) is 4.74 Å². The summed E-state index contributed by atoms with van der Waals surface area (Å²) in [5, 5.41) is 26.0. The standard InChI is InChI=1S/C24H16N4O6S/c1-2-33-23(29)14-3-5-17(6-4-14)26-12-16(11-25)22-27-20(13-35-22)19-10-15-9-18(28(31)32)7-8-21(15)34-24(19)30/h3-10,12-13,26H,2H2,1H3/b16-12-. The molecule has 0 saturated carbocycles. The molecule has 4 aromatic rings. The number of ether oxygens (including phenoxy) is 1. The van der Waals surface area contributed by atoms with E-state index in [1.807, 2.05) is 0 Å². The molecular formula is C24H16N4O6S. The first kappa shape index (κ1) is 23.3. The summed E-state index contributed by atoms with van der Waals surface area (Å²) < 4.78 is 10.2. The molecule has 174 valence electrons. The van der Waals surface area contributed by atoms with Crippen molar-refractivity contribution in [2.75, 3.05) is 11.9 Å². The van der Waals surface area contributed by atoms with Gasteiger partial charge in [0.2, 0.25) is 0 Å². The van der Waals surface area contributed by atoms with Gasteiger partial charge in [0.05, 0.1) is 28.4 Å². The first-order valence-electron chi connectivity index (χ1n) is 10.2. The lowest BCUT2D eigenvalue weighted by Crippen LogP contribution is -2.04. The number of aromatic nitrogens is 1. The van der Waals surface area contributed by atoms with E-state index in [1.54, 1.807) is 36.6 Å². The van der Waals surface area contributed by atoms with Crippen LogP contribution in [0.4, 0.5) is 11.4 Å². The summed E-state index contributed by atoms with van der Waals surface area (Å²) >= 11 is 1.15. The second-order valence-corrected chi connectivity index (χ2v) is 7.93. The first-order valence-corrected chi connectivity index (χ1v) is 11.1. The van der Waals surface area contributed by atoms with Crippen LogP contribution in [0.5, 0.6) is 0 Å². The third-order valence-electron chi connectivity index (χ3n) is 4.84. The van der Waals surface area contributed by atoms with Crippen molar-refractivity contribution in [1.29, 1.82) is 5.26 Å². The molecule has 35 heavy (non-hydrogen) atoms. The molecule has 0 unspecified atom stereocenters. The maximum absolute atomic E-state index is 12.5. The summed E-state index contributed by atoms with van der Waals surface area (Å²) in [5.41, 5.74) is 1.11. The summed E-state index contributed by atoms with van der Waals surface area (Å²) in [4.78, 5) is 39.1. The molecule has 0 bridgehead atoms. The van der Waals surface area contributed by atoms with Crippen LogP contribution < -0.4 is 10.9 Å². The molecule has 0 aliphatic heterocycles. The molecule has 0 fully saturated rings. The molecule has 2 aromatic carbocycles. The summed E-state index contributed by atoms with van der Waals surface area (Å²) in [6.07, 6.45) is 1.47. The maximum atomic E-state index is 12.5. The Morgan fingerprint density at radius 3 is 2.74 bits per heavy atom. The van der Waals surface area contributed by atoms with Crippen LogP contribution >= 0.6 is 11.3 Å². The van der Waals surface area contributed by atoms with Crippen LogP contribution in [0, 0.1) is 21.4 Å². The number of non-ortho nitro benzene ring substituents is 1. The van der Waals surface area contributed by atoms with Crippen molar-refractivity contribution < 1.29 is 18.9 Å². The molecule has 0 aliphatic rings. The Balaban J connectivity index is 1.58. The Morgan fingerprint density at radius 2 is 2.06 bits per heavy atom. The van der Waals surface area contributed by atoms with Gasteiger partial charge in [-0.05, 0) is 43.3 Å². The third kappa shape index (κ3) is 5.07. The summed E-state index contributed by atoms with van der Waals surface area (Å²) in [6, 6.07) is 14.0. The number of nitro groups is 1. The number of hydrogen-bond acceptors (Lipinski definition) is 10. The zero-order valence-corrected chi connectivity index (χ0v) is 19.0. The van der Waals surface area contributed by atoms with E-state index in [-0.39, 0.29) is 34.7 Å². The molecule has 11 heteroatoms. The average molecular weight is 488 g/mol. The van der Waals surface area contributed by atoms with Crippen LogP contribution in [0.3, 0.4) is 0 Å². The molecule has 10 nitrogen and oxygen atoms in total. The number of benzene rings is 2. The van der Waals surface area contributed by atoms with Crippen LogP contribution in [0.2, 0.25) is 0 Å². The third-order valence-corrected chi connectivity index (χ3v) is 5.71. The van der Waals surface area contributed by atoms with Gasteiger partial charge in [-0.15, -0.1) is 11.3 Å². The van der Waals surface area contributed by atoms with Crippen LogP contribution in [0.15, 0.2) is 69.3 Å². The number of nitriles is 1. The molecule has 0 spiro atoms. The van der Waals surface area contributed by atoms with Gasteiger partial charge in [-0.2, -0.15) is 5.26 Å².